The maximum Gasteiger partial charge on any atom is 0.407 e. The van der Waals surface area contributed by atoms with Gasteiger partial charge in [-0.3, -0.25) is 4.79 Å². The Morgan fingerprint density at radius 1 is 0.929 bits per heavy atom. The average molecular weight is 383 g/mol. The number of primary amides is 1. The van der Waals surface area contributed by atoms with Gasteiger partial charge in [-0.05, 0) is 35.1 Å². The van der Waals surface area contributed by atoms with Crippen molar-refractivity contribution in [3.8, 4) is 11.1 Å². The number of rotatable bonds is 8. The van der Waals surface area contributed by atoms with Gasteiger partial charge in [0.15, 0.2) is 0 Å². The van der Waals surface area contributed by atoms with Crippen molar-refractivity contribution in [2.75, 3.05) is 13.2 Å². The first-order chi connectivity index (χ1) is 13.7. The molecule has 2 aromatic carbocycles. The second kappa shape index (κ2) is 11.1. The van der Waals surface area contributed by atoms with Crippen LogP contribution in [0.25, 0.3) is 11.1 Å². The van der Waals surface area contributed by atoms with E-state index < -0.39 is 6.09 Å². The molecule has 0 spiro atoms. The minimum atomic E-state index is -0.401. The monoisotopic (exact) mass is 382 g/mol. The van der Waals surface area contributed by atoms with Crippen molar-refractivity contribution in [2.45, 2.75) is 45.4 Å². The highest BCUT2D eigenvalue weighted by molar-refractivity contribution is 5.79. The smallest absolute Gasteiger partial charge is 0.407 e. The highest BCUT2D eigenvalue weighted by atomic mass is 16.5. The van der Waals surface area contributed by atoms with Gasteiger partial charge in [-0.15, -0.1) is 0 Å². The number of alkyl carbamates (subject to hydrolysis) is 1. The molecule has 150 valence electrons. The van der Waals surface area contributed by atoms with Gasteiger partial charge in [0.25, 0.3) is 0 Å². The van der Waals surface area contributed by atoms with Crippen molar-refractivity contribution in [3.63, 3.8) is 0 Å². The second-order valence-corrected chi connectivity index (χ2v) is 6.53. The van der Waals surface area contributed by atoms with Crippen molar-refractivity contribution in [1.29, 1.82) is 0 Å². The summed E-state index contributed by atoms with van der Waals surface area (Å²) in [6.07, 6.45) is 2.40. The maximum atomic E-state index is 12.0. The molecule has 0 radical (unpaired) electrons. The number of carbonyl (C=O) groups excluding carboxylic acids is 2. The highest BCUT2D eigenvalue weighted by Gasteiger charge is 2.28. The molecule has 0 bridgehead atoms. The largest absolute Gasteiger partial charge is 0.449 e. The molecule has 0 aromatic heterocycles. The number of hydrogen-bond acceptors (Lipinski definition) is 3. The van der Waals surface area contributed by atoms with Crippen LogP contribution in [0.15, 0.2) is 48.5 Å². The van der Waals surface area contributed by atoms with E-state index in [4.69, 9.17) is 10.5 Å². The highest BCUT2D eigenvalue weighted by Crippen LogP contribution is 2.44. The van der Waals surface area contributed by atoms with Gasteiger partial charge in [-0.2, -0.15) is 0 Å². The van der Waals surface area contributed by atoms with Crippen LogP contribution < -0.4 is 11.1 Å². The van der Waals surface area contributed by atoms with E-state index in [1.807, 2.05) is 38.1 Å². The minimum absolute atomic E-state index is 0.0729. The third-order valence-electron chi connectivity index (χ3n) is 4.71. The van der Waals surface area contributed by atoms with Gasteiger partial charge in [0, 0.05) is 18.9 Å². The normalized spacial score (nSPS) is 11.6. The lowest BCUT2D eigenvalue weighted by molar-refractivity contribution is -0.118. The summed E-state index contributed by atoms with van der Waals surface area (Å²) in [5.41, 5.74) is 9.93. The topological polar surface area (TPSA) is 81.4 Å². The molecule has 0 saturated heterocycles. The van der Waals surface area contributed by atoms with E-state index in [0.717, 1.165) is 19.3 Å². The maximum absolute atomic E-state index is 12.0. The second-order valence-electron chi connectivity index (χ2n) is 6.53. The number of ether oxygens (including phenoxy) is 1. The summed E-state index contributed by atoms with van der Waals surface area (Å²) in [5.74, 6) is -0.210. The standard InChI is InChI=1S/C21H24N2O3.C2H6/c22-20(24)12-2-1-7-13-23-21(25)26-14-19-17-10-5-3-8-15(17)16-9-4-6-11-18(16)19;1-2/h3-6,8-11,19H,1-2,7,12-14H2,(H2,22,24)(H,23,25);1-2H3. The molecule has 5 heteroatoms. The van der Waals surface area contributed by atoms with E-state index in [-0.39, 0.29) is 11.8 Å². The molecule has 0 aliphatic heterocycles. The summed E-state index contributed by atoms with van der Waals surface area (Å²) in [7, 11) is 0. The number of hydrogen-bond donors (Lipinski definition) is 2. The van der Waals surface area contributed by atoms with Gasteiger partial charge in [-0.25, -0.2) is 4.79 Å². The Balaban J connectivity index is 0.00000136. The quantitative estimate of drug-likeness (QED) is 0.655. The van der Waals surface area contributed by atoms with Gasteiger partial charge in [0.1, 0.15) is 6.61 Å². The minimum Gasteiger partial charge on any atom is -0.449 e. The molecule has 0 saturated carbocycles. The van der Waals surface area contributed by atoms with E-state index in [1.165, 1.54) is 22.3 Å². The number of nitrogens with one attached hydrogen (secondary N) is 1. The van der Waals surface area contributed by atoms with Gasteiger partial charge in [0.05, 0.1) is 0 Å². The fourth-order valence-corrected chi connectivity index (χ4v) is 3.44. The van der Waals surface area contributed by atoms with Gasteiger partial charge >= 0.3 is 6.09 Å². The number of fused-ring (bicyclic) bond motifs is 3. The van der Waals surface area contributed by atoms with Crippen molar-refractivity contribution in [1.82, 2.24) is 5.32 Å². The molecule has 0 atom stereocenters. The fraction of sp³-hybridized carbons (Fsp3) is 0.391. The predicted octanol–water partition coefficient (Wildman–Crippen LogP) is 4.60. The van der Waals surface area contributed by atoms with Crippen LogP contribution in [0.4, 0.5) is 4.79 Å². The van der Waals surface area contributed by atoms with Crippen LogP contribution >= 0.6 is 0 Å². The van der Waals surface area contributed by atoms with E-state index in [9.17, 15) is 9.59 Å². The van der Waals surface area contributed by atoms with Crippen LogP contribution in [0.2, 0.25) is 0 Å². The molecule has 2 amide bonds. The molecule has 28 heavy (non-hydrogen) atoms. The zero-order valence-corrected chi connectivity index (χ0v) is 16.7. The van der Waals surface area contributed by atoms with Crippen molar-refractivity contribution in [3.05, 3.63) is 59.7 Å². The molecular weight excluding hydrogens is 352 g/mol. The van der Waals surface area contributed by atoms with Crippen LogP contribution in [-0.2, 0) is 9.53 Å². The summed E-state index contributed by atoms with van der Waals surface area (Å²) < 4.78 is 5.46. The summed E-state index contributed by atoms with van der Waals surface area (Å²) in [5, 5.41) is 2.77. The molecule has 0 heterocycles. The van der Waals surface area contributed by atoms with E-state index in [0.29, 0.717) is 19.6 Å². The van der Waals surface area contributed by atoms with Crippen molar-refractivity contribution in [2.24, 2.45) is 5.73 Å². The third-order valence-corrected chi connectivity index (χ3v) is 4.71. The lowest BCUT2D eigenvalue weighted by atomic mass is 9.98. The molecule has 2 aromatic rings. The van der Waals surface area contributed by atoms with Crippen LogP contribution in [0.3, 0.4) is 0 Å². The van der Waals surface area contributed by atoms with Crippen LogP contribution in [-0.4, -0.2) is 25.2 Å². The zero-order valence-electron chi connectivity index (χ0n) is 16.7. The molecule has 0 fully saturated rings. The van der Waals surface area contributed by atoms with E-state index in [2.05, 4.69) is 29.6 Å². The fourth-order valence-electron chi connectivity index (χ4n) is 3.44. The van der Waals surface area contributed by atoms with Crippen LogP contribution in [0.5, 0.6) is 0 Å². The number of amides is 2. The van der Waals surface area contributed by atoms with Crippen molar-refractivity contribution >= 4 is 12.0 Å². The Bertz CT molecular complexity index is 743. The van der Waals surface area contributed by atoms with Gasteiger partial charge in [0.2, 0.25) is 5.91 Å². The van der Waals surface area contributed by atoms with Crippen molar-refractivity contribution < 1.29 is 14.3 Å². The zero-order chi connectivity index (χ0) is 20.4. The Morgan fingerprint density at radius 2 is 1.50 bits per heavy atom. The third kappa shape index (κ3) is 5.59. The molecule has 3 rings (SSSR count). The predicted molar refractivity (Wildman–Crippen MR) is 112 cm³/mol. The Kier molecular flexibility index (Phi) is 8.53. The lowest BCUT2D eigenvalue weighted by Gasteiger charge is -2.14. The molecule has 0 unspecified atom stereocenters. The van der Waals surface area contributed by atoms with E-state index in [1.54, 1.807) is 0 Å². The molecule has 5 nitrogen and oxygen atoms in total. The summed E-state index contributed by atoms with van der Waals surface area (Å²) >= 11 is 0. The Labute approximate surface area is 167 Å². The first-order valence-corrected chi connectivity index (χ1v) is 10.0. The number of unbranched alkanes of at least 4 members (excludes halogenated alkanes) is 2. The van der Waals surface area contributed by atoms with Crippen LogP contribution in [0.1, 0.15) is 56.6 Å². The number of carbonyl (C=O) groups is 2. The number of nitrogens with two attached hydrogens (primary N) is 1. The summed E-state index contributed by atoms with van der Waals surface area (Å²) in [6.45, 7) is 4.86. The molecule has 3 N–H and O–H groups in total. The average Bonchev–Trinajstić information content (AvgIpc) is 3.04. The lowest BCUT2D eigenvalue weighted by Crippen LogP contribution is -2.27. The van der Waals surface area contributed by atoms with Gasteiger partial charge < -0.3 is 15.8 Å². The SMILES string of the molecule is CC.NC(=O)CCCCCNC(=O)OCC1c2ccccc2-c2ccccc21. The Morgan fingerprint density at radius 3 is 2.07 bits per heavy atom. The first-order valence-electron chi connectivity index (χ1n) is 10.0. The van der Waals surface area contributed by atoms with E-state index >= 15 is 0 Å². The van der Waals surface area contributed by atoms with Gasteiger partial charge in [-0.1, -0.05) is 68.8 Å². The summed E-state index contributed by atoms with van der Waals surface area (Å²) in [4.78, 5) is 22.6. The number of benzene rings is 2. The molecule has 1 aliphatic carbocycles. The Hall–Kier alpha value is -2.82. The van der Waals surface area contributed by atoms with Crippen LogP contribution in [0, 0.1) is 0 Å². The first kappa shape index (κ1) is 21.5. The molecule has 1 aliphatic rings. The molecular formula is C23H30N2O3. The summed E-state index contributed by atoms with van der Waals surface area (Å²) in [6, 6.07) is 16.5.